The molecule has 1 aliphatic heterocycles. The summed E-state index contributed by atoms with van der Waals surface area (Å²) in [6.45, 7) is 6.87. The highest BCUT2D eigenvalue weighted by Gasteiger charge is 2.31. The molecule has 2 rings (SSSR count). The molecule has 3 N–H and O–H groups in total. The largest absolute Gasteiger partial charge is 0.480 e. The van der Waals surface area contributed by atoms with Crippen LogP contribution in [0, 0.1) is 0 Å². The zero-order valence-corrected chi connectivity index (χ0v) is 14.7. The lowest BCUT2D eigenvalue weighted by Crippen LogP contribution is -2.46. The van der Waals surface area contributed by atoms with Crippen LogP contribution >= 0.6 is 0 Å². The van der Waals surface area contributed by atoms with Gasteiger partial charge in [0.05, 0.1) is 0 Å². The molecule has 1 aliphatic rings. The van der Waals surface area contributed by atoms with E-state index in [9.17, 15) is 19.8 Å². The highest BCUT2D eigenvalue weighted by molar-refractivity contribution is 5.80. The molecule has 0 spiro atoms. The Hall–Kier alpha value is -2.35. The van der Waals surface area contributed by atoms with Crippen molar-refractivity contribution < 1.29 is 24.5 Å². The van der Waals surface area contributed by atoms with Crippen LogP contribution in [0.4, 0.5) is 10.6 Å². The standard InChI is InChI=1S/C17H25N3O5/c1-17(2,3)25-16(24)19-13(15(22)23)14(21)11-6-7-12(18-10-11)20-8-4-5-9-20/h6-7,10,13-14,21H,4-5,8-9H2,1-3H3,(H,19,24)(H,22,23)/t13-,14-/m0/s1. The Kier molecular flexibility index (Phi) is 5.84. The number of aliphatic hydroxyl groups is 1. The van der Waals surface area contributed by atoms with Gasteiger partial charge < -0.3 is 25.2 Å². The van der Waals surface area contributed by atoms with Gasteiger partial charge in [-0.25, -0.2) is 14.6 Å². The Morgan fingerprint density at radius 1 is 1.28 bits per heavy atom. The molecule has 138 valence electrons. The fraction of sp³-hybridized carbons (Fsp3) is 0.588. The maximum Gasteiger partial charge on any atom is 0.408 e. The van der Waals surface area contributed by atoms with E-state index in [1.807, 2.05) is 0 Å². The molecule has 1 aromatic heterocycles. The molecule has 0 aromatic carbocycles. The average Bonchev–Trinajstić information content (AvgIpc) is 3.04. The predicted octanol–water partition coefficient (Wildman–Crippen LogP) is 1.69. The molecule has 8 nitrogen and oxygen atoms in total. The molecule has 0 radical (unpaired) electrons. The number of alkyl carbamates (subject to hydrolysis) is 1. The van der Waals surface area contributed by atoms with Crippen molar-refractivity contribution >= 4 is 17.9 Å². The third-order valence-electron chi connectivity index (χ3n) is 3.80. The van der Waals surface area contributed by atoms with Crippen molar-refractivity contribution in [2.75, 3.05) is 18.0 Å². The van der Waals surface area contributed by atoms with Crippen molar-refractivity contribution in [1.82, 2.24) is 10.3 Å². The van der Waals surface area contributed by atoms with Gasteiger partial charge in [0.25, 0.3) is 0 Å². The molecule has 25 heavy (non-hydrogen) atoms. The number of aromatic nitrogens is 1. The number of carboxylic acids is 1. The molecule has 2 atom stereocenters. The summed E-state index contributed by atoms with van der Waals surface area (Å²) in [5.41, 5.74) is -0.455. The van der Waals surface area contributed by atoms with Gasteiger partial charge in [0.2, 0.25) is 0 Å². The quantitative estimate of drug-likeness (QED) is 0.740. The Labute approximate surface area is 146 Å². The monoisotopic (exact) mass is 351 g/mol. The summed E-state index contributed by atoms with van der Waals surface area (Å²) in [5.74, 6) is -0.567. The molecular formula is C17H25N3O5. The molecule has 1 saturated heterocycles. The number of aliphatic carboxylic acids is 1. The van der Waals surface area contributed by atoms with E-state index in [0.717, 1.165) is 31.7 Å². The number of nitrogens with one attached hydrogen (secondary N) is 1. The Bertz CT molecular complexity index is 606. The SMILES string of the molecule is CC(C)(C)OC(=O)N[C@H](C(=O)O)[C@@H](O)c1ccc(N2CCCC2)nc1. The minimum absolute atomic E-state index is 0.311. The normalized spacial score (nSPS) is 17.0. The maximum absolute atomic E-state index is 11.8. The summed E-state index contributed by atoms with van der Waals surface area (Å²) >= 11 is 0. The summed E-state index contributed by atoms with van der Waals surface area (Å²) < 4.78 is 5.04. The fourth-order valence-corrected chi connectivity index (χ4v) is 2.61. The molecule has 0 saturated carbocycles. The third-order valence-corrected chi connectivity index (χ3v) is 3.80. The minimum atomic E-state index is -1.53. The average molecular weight is 351 g/mol. The van der Waals surface area contributed by atoms with Crippen molar-refractivity contribution in [3.05, 3.63) is 23.9 Å². The van der Waals surface area contributed by atoms with Gasteiger partial charge in [0.15, 0.2) is 6.04 Å². The van der Waals surface area contributed by atoms with E-state index >= 15 is 0 Å². The van der Waals surface area contributed by atoms with Gasteiger partial charge >= 0.3 is 12.1 Å². The molecule has 0 bridgehead atoms. The second-order valence-corrected chi connectivity index (χ2v) is 7.05. The van der Waals surface area contributed by atoms with Crippen molar-refractivity contribution in [2.45, 2.75) is 51.4 Å². The first-order chi connectivity index (χ1) is 11.7. The number of hydrogen-bond acceptors (Lipinski definition) is 6. The van der Waals surface area contributed by atoms with Crippen molar-refractivity contribution in [3.8, 4) is 0 Å². The van der Waals surface area contributed by atoms with Crippen LogP contribution in [0.5, 0.6) is 0 Å². The topological polar surface area (TPSA) is 112 Å². The van der Waals surface area contributed by atoms with Gasteiger partial charge in [-0.3, -0.25) is 0 Å². The van der Waals surface area contributed by atoms with E-state index in [2.05, 4.69) is 15.2 Å². The number of ether oxygens (including phenoxy) is 1. The number of aliphatic hydroxyl groups excluding tert-OH is 1. The van der Waals surface area contributed by atoms with E-state index in [1.54, 1.807) is 32.9 Å². The van der Waals surface area contributed by atoms with Gasteiger partial charge in [-0.1, -0.05) is 6.07 Å². The first-order valence-electron chi connectivity index (χ1n) is 8.28. The number of carbonyl (C=O) groups is 2. The predicted molar refractivity (Wildman–Crippen MR) is 91.4 cm³/mol. The second kappa shape index (κ2) is 7.69. The molecule has 1 amide bonds. The van der Waals surface area contributed by atoms with Crippen LogP contribution < -0.4 is 10.2 Å². The zero-order valence-electron chi connectivity index (χ0n) is 14.7. The number of pyridine rings is 1. The Morgan fingerprint density at radius 2 is 1.92 bits per heavy atom. The number of carbonyl (C=O) groups excluding carboxylic acids is 1. The van der Waals surface area contributed by atoms with Crippen LogP contribution in [0.25, 0.3) is 0 Å². The fourth-order valence-electron chi connectivity index (χ4n) is 2.61. The number of anilines is 1. The highest BCUT2D eigenvalue weighted by atomic mass is 16.6. The Balaban J connectivity index is 2.07. The van der Waals surface area contributed by atoms with Gasteiger partial charge in [-0.2, -0.15) is 0 Å². The van der Waals surface area contributed by atoms with Crippen LogP contribution in [-0.4, -0.2) is 52.0 Å². The summed E-state index contributed by atoms with van der Waals surface area (Å²) in [7, 11) is 0. The summed E-state index contributed by atoms with van der Waals surface area (Å²) in [6.07, 6.45) is 1.33. The summed E-state index contributed by atoms with van der Waals surface area (Å²) in [6, 6.07) is 1.84. The molecule has 0 unspecified atom stereocenters. The van der Waals surface area contributed by atoms with E-state index in [1.165, 1.54) is 6.20 Å². The molecule has 8 heteroatoms. The van der Waals surface area contributed by atoms with Crippen molar-refractivity contribution in [3.63, 3.8) is 0 Å². The Morgan fingerprint density at radius 3 is 2.40 bits per heavy atom. The van der Waals surface area contributed by atoms with Gasteiger partial charge in [0.1, 0.15) is 17.5 Å². The molecule has 2 heterocycles. The lowest BCUT2D eigenvalue weighted by molar-refractivity contribution is -0.142. The lowest BCUT2D eigenvalue weighted by atomic mass is 10.0. The van der Waals surface area contributed by atoms with Crippen LogP contribution in [-0.2, 0) is 9.53 Å². The zero-order chi connectivity index (χ0) is 18.6. The van der Waals surface area contributed by atoms with Crippen LogP contribution in [0.15, 0.2) is 18.3 Å². The molecule has 1 fully saturated rings. The van der Waals surface area contributed by atoms with Gasteiger partial charge in [-0.05, 0) is 39.7 Å². The third kappa shape index (κ3) is 5.32. The smallest absolute Gasteiger partial charge is 0.408 e. The second-order valence-electron chi connectivity index (χ2n) is 7.05. The van der Waals surface area contributed by atoms with E-state index < -0.39 is 29.8 Å². The van der Waals surface area contributed by atoms with E-state index in [4.69, 9.17) is 4.74 Å². The number of hydrogen-bond donors (Lipinski definition) is 3. The number of carboxylic acid groups (broad SMARTS) is 1. The molecule has 1 aromatic rings. The summed E-state index contributed by atoms with van der Waals surface area (Å²) in [5, 5.41) is 21.9. The molecular weight excluding hydrogens is 326 g/mol. The van der Waals surface area contributed by atoms with E-state index in [-0.39, 0.29) is 0 Å². The minimum Gasteiger partial charge on any atom is -0.480 e. The van der Waals surface area contributed by atoms with Crippen LogP contribution in [0.3, 0.4) is 0 Å². The van der Waals surface area contributed by atoms with Crippen molar-refractivity contribution in [2.24, 2.45) is 0 Å². The van der Waals surface area contributed by atoms with Crippen LogP contribution in [0.2, 0.25) is 0 Å². The van der Waals surface area contributed by atoms with Crippen LogP contribution in [0.1, 0.15) is 45.3 Å². The number of rotatable bonds is 5. The maximum atomic E-state index is 11.8. The van der Waals surface area contributed by atoms with Crippen molar-refractivity contribution in [1.29, 1.82) is 0 Å². The van der Waals surface area contributed by atoms with Gasteiger partial charge in [-0.15, -0.1) is 0 Å². The first-order valence-corrected chi connectivity index (χ1v) is 8.28. The number of amides is 1. The molecule has 0 aliphatic carbocycles. The number of nitrogens with zero attached hydrogens (tertiary/aromatic N) is 2. The highest BCUT2D eigenvalue weighted by Crippen LogP contribution is 2.22. The summed E-state index contributed by atoms with van der Waals surface area (Å²) in [4.78, 5) is 29.7. The van der Waals surface area contributed by atoms with Gasteiger partial charge in [0, 0.05) is 24.8 Å². The van der Waals surface area contributed by atoms with E-state index in [0.29, 0.717) is 5.56 Å². The first kappa shape index (κ1) is 19.0. The lowest BCUT2D eigenvalue weighted by Gasteiger charge is -2.24.